The molecule has 0 aliphatic carbocycles. The van der Waals surface area contributed by atoms with Crippen LogP contribution in [-0.2, 0) is 0 Å². The second-order valence-corrected chi connectivity index (χ2v) is 5.77. The molecule has 1 rings (SSSR count). The minimum atomic E-state index is -0.157. The van der Waals surface area contributed by atoms with Crippen molar-refractivity contribution in [2.75, 3.05) is 26.7 Å². The van der Waals surface area contributed by atoms with E-state index in [-0.39, 0.29) is 11.6 Å². The first kappa shape index (κ1) is 13.3. The molecule has 4 heteroatoms. The van der Waals surface area contributed by atoms with Crippen molar-refractivity contribution in [1.82, 2.24) is 15.5 Å². The zero-order valence-electron chi connectivity index (χ0n) is 11.0. The Kier molecular flexibility index (Phi) is 4.59. The summed E-state index contributed by atoms with van der Waals surface area (Å²) in [5.41, 5.74) is -0.157. The minimum Gasteiger partial charge on any atom is -0.333 e. The van der Waals surface area contributed by atoms with Crippen molar-refractivity contribution in [2.24, 2.45) is 5.92 Å². The summed E-state index contributed by atoms with van der Waals surface area (Å²) in [6, 6.07) is 0.0260. The molecule has 1 heterocycles. The summed E-state index contributed by atoms with van der Waals surface area (Å²) in [5.74, 6) is 0.601. The number of rotatable bonds is 2. The van der Waals surface area contributed by atoms with E-state index in [1.165, 1.54) is 12.8 Å². The Labute approximate surface area is 98.8 Å². The maximum absolute atomic E-state index is 11.8. The lowest BCUT2D eigenvalue weighted by molar-refractivity contribution is 0.186. The first-order valence-corrected chi connectivity index (χ1v) is 6.12. The second-order valence-electron chi connectivity index (χ2n) is 5.77. The zero-order valence-corrected chi connectivity index (χ0v) is 11.0. The van der Waals surface area contributed by atoms with Gasteiger partial charge in [0.25, 0.3) is 0 Å². The quantitative estimate of drug-likeness (QED) is 0.749. The molecule has 1 atom stereocenters. The first-order valence-electron chi connectivity index (χ1n) is 6.12. The predicted octanol–water partition coefficient (Wildman–Crippen LogP) is 1.43. The highest BCUT2D eigenvalue weighted by atomic mass is 16.2. The summed E-state index contributed by atoms with van der Waals surface area (Å²) in [5, 5.41) is 6.34. The molecule has 1 saturated heterocycles. The Morgan fingerprint density at radius 2 is 2.19 bits per heavy atom. The maximum atomic E-state index is 11.8. The second kappa shape index (κ2) is 5.53. The molecule has 0 aromatic rings. The van der Waals surface area contributed by atoms with Gasteiger partial charge in [0.1, 0.15) is 0 Å². The summed E-state index contributed by atoms with van der Waals surface area (Å²) >= 11 is 0. The topological polar surface area (TPSA) is 44.4 Å². The molecule has 0 aromatic carbocycles. The van der Waals surface area contributed by atoms with Gasteiger partial charge in [-0.3, -0.25) is 0 Å². The van der Waals surface area contributed by atoms with E-state index in [1.807, 2.05) is 27.8 Å². The molecule has 0 aromatic heterocycles. The highest BCUT2D eigenvalue weighted by molar-refractivity contribution is 5.74. The number of amides is 2. The number of nitrogens with zero attached hydrogens (tertiary/aromatic N) is 1. The van der Waals surface area contributed by atoms with E-state index in [4.69, 9.17) is 0 Å². The van der Waals surface area contributed by atoms with Gasteiger partial charge in [-0.25, -0.2) is 4.79 Å². The van der Waals surface area contributed by atoms with Crippen LogP contribution in [0.1, 0.15) is 33.6 Å². The van der Waals surface area contributed by atoms with Gasteiger partial charge in [0.15, 0.2) is 0 Å². The Morgan fingerprint density at radius 3 is 2.69 bits per heavy atom. The maximum Gasteiger partial charge on any atom is 0.317 e. The third kappa shape index (κ3) is 4.84. The molecular weight excluding hydrogens is 202 g/mol. The van der Waals surface area contributed by atoms with E-state index in [9.17, 15) is 4.79 Å². The lowest BCUT2D eigenvalue weighted by Crippen LogP contribution is -2.49. The molecule has 0 radical (unpaired) electrons. The third-order valence-electron chi connectivity index (χ3n) is 2.76. The summed E-state index contributed by atoms with van der Waals surface area (Å²) < 4.78 is 0. The molecule has 2 amide bonds. The van der Waals surface area contributed by atoms with Gasteiger partial charge in [0.05, 0.1) is 0 Å². The SMILES string of the molecule is CN(CC1CCCNC1)C(=O)NC(C)(C)C. The molecule has 4 nitrogen and oxygen atoms in total. The van der Waals surface area contributed by atoms with E-state index in [2.05, 4.69) is 10.6 Å². The van der Waals surface area contributed by atoms with Crippen molar-refractivity contribution in [3.63, 3.8) is 0 Å². The van der Waals surface area contributed by atoms with Crippen molar-refractivity contribution in [2.45, 2.75) is 39.2 Å². The Hall–Kier alpha value is -0.770. The van der Waals surface area contributed by atoms with E-state index in [1.54, 1.807) is 4.90 Å². The smallest absolute Gasteiger partial charge is 0.317 e. The van der Waals surface area contributed by atoms with Gasteiger partial charge < -0.3 is 15.5 Å². The molecule has 1 unspecified atom stereocenters. The lowest BCUT2D eigenvalue weighted by Gasteiger charge is -2.30. The summed E-state index contributed by atoms with van der Waals surface area (Å²) in [6.45, 7) is 9.00. The zero-order chi connectivity index (χ0) is 12.2. The monoisotopic (exact) mass is 227 g/mol. The van der Waals surface area contributed by atoms with Crippen LogP contribution in [0.5, 0.6) is 0 Å². The molecule has 16 heavy (non-hydrogen) atoms. The molecule has 0 saturated carbocycles. The average molecular weight is 227 g/mol. The molecular formula is C12H25N3O. The Morgan fingerprint density at radius 1 is 1.50 bits per heavy atom. The van der Waals surface area contributed by atoms with Crippen LogP contribution in [-0.4, -0.2) is 43.2 Å². The summed E-state index contributed by atoms with van der Waals surface area (Å²) in [4.78, 5) is 13.6. The minimum absolute atomic E-state index is 0.0260. The molecule has 2 N–H and O–H groups in total. The van der Waals surface area contributed by atoms with Crippen LogP contribution in [0, 0.1) is 5.92 Å². The standard InChI is InChI=1S/C12H25N3O/c1-12(2,3)14-11(16)15(4)9-10-6-5-7-13-8-10/h10,13H,5-9H2,1-4H3,(H,14,16). The number of nitrogens with one attached hydrogen (secondary N) is 2. The van der Waals surface area contributed by atoms with E-state index in [0.717, 1.165) is 19.6 Å². The van der Waals surface area contributed by atoms with Crippen molar-refractivity contribution in [1.29, 1.82) is 0 Å². The lowest BCUT2D eigenvalue weighted by atomic mass is 9.99. The van der Waals surface area contributed by atoms with Crippen molar-refractivity contribution in [3.8, 4) is 0 Å². The van der Waals surface area contributed by atoms with Gasteiger partial charge in [-0.15, -0.1) is 0 Å². The largest absolute Gasteiger partial charge is 0.333 e. The third-order valence-corrected chi connectivity index (χ3v) is 2.76. The van der Waals surface area contributed by atoms with Gasteiger partial charge in [-0.2, -0.15) is 0 Å². The molecule has 1 aliphatic heterocycles. The van der Waals surface area contributed by atoms with Crippen LogP contribution in [0.15, 0.2) is 0 Å². The number of hydrogen-bond acceptors (Lipinski definition) is 2. The number of carbonyl (C=O) groups excluding carboxylic acids is 1. The molecule has 94 valence electrons. The van der Waals surface area contributed by atoms with E-state index in [0.29, 0.717) is 5.92 Å². The van der Waals surface area contributed by atoms with Crippen molar-refractivity contribution in [3.05, 3.63) is 0 Å². The van der Waals surface area contributed by atoms with Gasteiger partial charge in [-0.1, -0.05) is 0 Å². The van der Waals surface area contributed by atoms with Crippen LogP contribution in [0.3, 0.4) is 0 Å². The highest BCUT2D eigenvalue weighted by Crippen LogP contribution is 2.11. The fourth-order valence-corrected chi connectivity index (χ4v) is 1.97. The van der Waals surface area contributed by atoms with Gasteiger partial charge in [-0.05, 0) is 52.6 Å². The number of urea groups is 1. The Bertz CT molecular complexity index is 229. The average Bonchev–Trinajstić information content (AvgIpc) is 2.16. The van der Waals surface area contributed by atoms with Crippen LogP contribution in [0.4, 0.5) is 4.79 Å². The fraction of sp³-hybridized carbons (Fsp3) is 0.917. The van der Waals surface area contributed by atoms with Crippen molar-refractivity contribution >= 4 is 6.03 Å². The number of carbonyl (C=O) groups is 1. The normalized spacial score (nSPS) is 21.6. The van der Waals surface area contributed by atoms with E-state index < -0.39 is 0 Å². The van der Waals surface area contributed by atoms with Gasteiger partial charge in [0, 0.05) is 19.1 Å². The first-order chi connectivity index (χ1) is 7.38. The fourth-order valence-electron chi connectivity index (χ4n) is 1.97. The van der Waals surface area contributed by atoms with Crippen LogP contribution < -0.4 is 10.6 Å². The molecule has 1 fully saturated rings. The van der Waals surface area contributed by atoms with Crippen LogP contribution in [0.25, 0.3) is 0 Å². The summed E-state index contributed by atoms with van der Waals surface area (Å²) in [6.07, 6.45) is 2.44. The van der Waals surface area contributed by atoms with Gasteiger partial charge in [0.2, 0.25) is 0 Å². The molecule has 1 aliphatic rings. The number of hydrogen-bond donors (Lipinski definition) is 2. The number of piperidine rings is 1. The molecule has 0 spiro atoms. The molecule has 0 bridgehead atoms. The van der Waals surface area contributed by atoms with E-state index >= 15 is 0 Å². The Balaban J connectivity index is 2.33. The van der Waals surface area contributed by atoms with Gasteiger partial charge >= 0.3 is 6.03 Å². The predicted molar refractivity (Wildman–Crippen MR) is 66.5 cm³/mol. The van der Waals surface area contributed by atoms with Crippen LogP contribution >= 0.6 is 0 Å². The highest BCUT2D eigenvalue weighted by Gasteiger charge is 2.20. The summed E-state index contributed by atoms with van der Waals surface area (Å²) in [7, 11) is 1.87. The van der Waals surface area contributed by atoms with Crippen molar-refractivity contribution < 1.29 is 4.79 Å². The van der Waals surface area contributed by atoms with Crippen LogP contribution in [0.2, 0.25) is 0 Å².